The number of aliphatic carboxylic acids is 2. The van der Waals surface area contributed by atoms with Crippen molar-refractivity contribution < 1.29 is 39.0 Å². The van der Waals surface area contributed by atoms with Crippen molar-refractivity contribution in [2.24, 2.45) is 17.2 Å². The molecule has 0 aromatic carbocycles. The third-order valence-corrected chi connectivity index (χ3v) is 5.49. The van der Waals surface area contributed by atoms with Gasteiger partial charge in [-0.3, -0.25) is 24.0 Å². The zero-order valence-corrected chi connectivity index (χ0v) is 20.9. The summed E-state index contributed by atoms with van der Waals surface area (Å²) >= 11 is 0. The standard InChI is InChI=1S/C22H36N8O8/c23-8-2-1-3-14(20(35)30-16(22(37)38)5-7-18(32)33)29-21(36)15(4-6-17(25)31)28-19(34)13(24)9-12-10-26-11-27-12/h10-11,13-16H,1-9,23-24H2,(H2,25,31)(H,26,27)(H,28,34)(H,29,36)(H,30,35)(H,32,33)(H,37,38). The summed E-state index contributed by atoms with van der Waals surface area (Å²) in [6.07, 6.45) is 2.66. The monoisotopic (exact) mass is 540 g/mol. The predicted octanol–water partition coefficient (Wildman–Crippen LogP) is -2.92. The normalized spacial score (nSPS) is 13.9. The van der Waals surface area contributed by atoms with Crippen LogP contribution in [0.2, 0.25) is 0 Å². The van der Waals surface area contributed by atoms with Crippen molar-refractivity contribution in [1.29, 1.82) is 0 Å². The van der Waals surface area contributed by atoms with E-state index in [1.165, 1.54) is 12.5 Å². The molecule has 0 saturated heterocycles. The number of hydrogen-bond donors (Lipinski definition) is 9. The lowest BCUT2D eigenvalue weighted by atomic mass is 10.0. The van der Waals surface area contributed by atoms with E-state index in [0.717, 1.165) is 0 Å². The average molecular weight is 541 g/mol. The number of H-pyrrole nitrogens is 1. The molecule has 0 aliphatic heterocycles. The third-order valence-electron chi connectivity index (χ3n) is 5.49. The van der Waals surface area contributed by atoms with Crippen LogP contribution < -0.4 is 33.2 Å². The van der Waals surface area contributed by atoms with Crippen LogP contribution in [-0.4, -0.2) is 86.5 Å². The van der Waals surface area contributed by atoms with Crippen LogP contribution in [0, 0.1) is 0 Å². The van der Waals surface area contributed by atoms with Crippen LogP contribution in [0.4, 0.5) is 0 Å². The van der Waals surface area contributed by atoms with Gasteiger partial charge in [0.05, 0.1) is 12.4 Å². The molecule has 0 aliphatic rings. The molecule has 4 atom stereocenters. The molecule has 0 bridgehead atoms. The Balaban J connectivity index is 2.98. The molecule has 12 N–H and O–H groups in total. The maximum absolute atomic E-state index is 13.1. The Hall–Kier alpha value is -4.05. The largest absolute Gasteiger partial charge is 0.481 e. The average Bonchev–Trinajstić information content (AvgIpc) is 3.35. The van der Waals surface area contributed by atoms with Crippen LogP contribution in [-0.2, 0) is 35.2 Å². The minimum atomic E-state index is -1.50. The molecule has 1 rings (SSSR count). The minimum Gasteiger partial charge on any atom is -0.481 e. The molecular weight excluding hydrogens is 504 g/mol. The number of rotatable bonds is 19. The van der Waals surface area contributed by atoms with Crippen LogP contribution in [0.15, 0.2) is 12.5 Å². The number of nitrogens with one attached hydrogen (secondary N) is 4. The topological polar surface area (TPSA) is 286 Å². The Labute approximate surface area is 218 Å². The van der Waals surface area contributed by atoms with Gasteiger partial charge in [0.25, 0.3) is 0 Å². The molecule has 4 amide bonds. The molecular formula is C22H36N8O8. The van der Waals surface area contributed by atoms with Gasteiger partial charge in [-0.2, -0.15) is 0 Å². The van der Waals surface area contributed by atoms with Crippen molar-refractivity contribution in [2.75, 3.05) is 6.54 Å². The van der Waals surface area contributed by atoms with Crippen LogP contribution in [0.3, 0.4) is 0 Å². The second kappa shape index (κ2) is 16.6. The number of unbranched alkanes of at least 4 members (excludes halogenated alkanes) is 1. The van der Waals surface area contributed by atoms with E-state index < -0.39 is 66.2 Å². The van der Waals surface area contributed by atoms with Gasteiger partial charge in [0.1, 0.15) is 18.1 Å². The lowest BCUT2D eigenvalue weighted by molar-refractivity contribution is -0.143. The number of primary amides is 1. The number of amides is 4. The smallest absolute Gasteiger partial charge is 0.326 e. The first-order valence-electron chi connectivity index (χ1n) is 12.0. The zero-order valence-electron chi connectivity index (χ0n) is 20.9. The highest BCUT2D eigenvalue weighted by atomic mass is 16.4. The molecule has 38 heavy (non-hydrogen) atoms. The lowest BCUT2D eigenvalue weighted by Gasteiger charge is -2.25. The van der Waals surface area contributed by atoms with Gasteiger partial charge in [-0.15, -0.1) is 0 Å². The maximum atomic E-state index is 13.1. The van der Waals surface area contributed by atoms with E-state index in [9.17, 15) is 33.9 Å². The quantitative estimate of drug-likeness (QED) is 0.0801. The number of carbonyl (C=O) groups is 6. The van der Waals surface area contributed by atoms with Gasteiger partial charge in [0, 0.05) is 31.2 Å². The highest BCUT2D eigenvalue weighted by molar-refractivity contribution is 5.94. The van der Waals surface area contributed by atoms with E-state index in [4.69, 9.17) is 22.3 Å². The summed E-state index contributed by atoms with van der Waals surface area (Å²) in [6.45, 7) is 0.310. The van der Waals surface area contributed by atoms with Crippen LogP contribution in [0.1, 0.15) is 50.6 Å². The van der Waals surface area contributed by atoms with Crippen molar-refractivity contribution in [3.63, 3.8) is 0 Å². The summed E-state index contributed by atoms with van der Waals surface area (Å²) in [6, 6.07) is -5.07. The van der Waals surface area contributed by atoms with E-state index in [0.29, 0.717) is 25.1 Å². The summed E-state index contributed by atoms with van der Waals surface area (Å²) in [5, 5.41) is 25.3. The Morgan fingerprint density at radius 2 is 1.45 bits per heavy atom. The van der Waals surface area contributed by atoms with Crippen molar-refractivity contribution in [1.82, 2.24) is 25.9 Å². The number of aromatic amines is 1. The maximum Gasteiger partial charge on any atom is 0.326 e. The van der Waals surface area contributed by atoms with Gasteiger partial charge in [-0.1, -0.05) is 0 Å². The Morgan fingerprint density at radius 1 is 0.868 bits per heavy atom. The summed E-state index contributed by atoms with van der Waals surface area (Å²) in [5.74, 6) is -5.78. The molecule has 0 fully saturated rings. The first-order valence-corrected chi connectivity index (χ1v) is 12.0. The fourth-order valence-electron chi connectivity index (χ4n) is 3.39. The van der Waals surface area contributed by atoms with Gasteiger partial charge in [0.15, 0.2) is 0 Å². The van der Waals surface area contributed by atoms with Gasteiger partial charge in [-0.05, 0) is 38.6 Å². The number of carbonyl (C=O) groups excluding carboxylic acids is 4. The summed E-state index contributed by atoms with van der Waals surface area (Å²) < 4.78 is 0. The molecule has 4 unspecified atom stereocenters. The summed E-state index contributed by atoms with van der Waals surface area (Å²) in [4.78, 5) is 78.9. The van der Waals surface area contributed by atoms with Crippen LogP contribution in [0.5, 0.6) is 0 Å². The number of nitrogens with two attached hydrogens (primary N) is 3. The second-order valence-electron chi connectivity index (χ2n) is 8.63. The van der Waals surface area contributed by atoms with Crippen molar-refractivity contribution in [3.05, 3.63) is 18.2 Å². The molecule has 0 radical (unpaired) electrons. The van der Waals surface area contributed by atoms with Crippen LogP contribution >= 0.6 is 0 Å². The van der Waals surface area contributed by atoms with Gasteiger partial charge < -0.3 is 48.3 Å². The fourth-order valence-corrected chi connectivity index (χ4v) is 3.39. The van der Waals surface area contributed by atoms with Gasteiger partial charge in [-0.25, -0.2) is 9.78 Å². The number of imidazole rings is 1. The lowest BCUT2D eigenvalue weighted by Crippen LogP contribution is -2.57. The Kier molecular flexibility index (Phi) is 14.0. The van der Waals surface area contributed by atoms with E-state index in [2.05, 4.69) is 25.9 Å². The number of hydrogen-bond acceptors (Lipinski definition) is 9. The number of carboxylic acid groups (broad SMARTS) is 2. The molecule has 1 aromatic heterocycles. The van der Waals surface area contributed by atoms with Gasteiger partial charge >= 0.3 is 11.9 Å². The molecule has 0 spiro atoms. The fraction of sp³-hybridized carbons (Fsp3) is 0.591. The SMILES string of the molecule is NCCCCC(NC(=O)C(CCC(N)=O)NC(=O)C(N)Cc1cnc[nH]1)C(=O)NC(CCC(=O)O)C(=O)O. The zero-order chi connectivity index (χ0) is 28.7. The Morgan fingerprint density at radius 3 is 1.97 bits per heavy atom. The van der Waals surface area contributed by atoms with E-state index in [1.54, 1.807) is 0 Å². The first kappa shape index (κ1) is 32.0. The van der Waals surface area contributed by atoms with Crippen molar-refractivity contribution in [3.8, 4) is 0 Å². The summed E-state index contributed by atoms with van der Waals surface area (Å²) in [7, 11) is 0. The predicted molar refractivity (Wildman–Crippen MR) is 132 cm³/mol. The highest BCUT2D eigenvalue weighted by Crippen LogP contribution is 2.07. The highest BCUT2D eigenvalue weighted by Gasteiger charge is 2.30. The summed E-state index contributed by atoms with van der Waals surface area (Å²) in [5.41, 5.74) is 17.2. The molecule has 0 saturated carbocycles. The molecule has 1 heterocycles. The molecule has 0 aliphatic carbocycles. The minimum absolute atomic E-state index is 0.0792. The van der Waals surface area contributed by atoms with E-state index in [1.807, 2.05) is 0 Å². The number of carboxylic acids is 2. The van der Waals surface area contributed by atoms with Crippen molar-refractivity contribution in [2.45, 2.75) is 75.5 Å². The molecule has 16 nitrogen and oxygen atoms in total. The Bertz CT molecular complexity index is 955. The van der Waals surface area contributed by atoms with E-state index in [-0.39, 0.29) is 32.1 Å². The number of aromatic nitrogens is 2. The first-order chi connectivity index (χ1) is 17.9. The third kappa shape index (κ3) is 12.3. The molecule has 212 valence electrons. The molecule has 16 heteroatoms. The molecule has 1 aromatic rings. The van der Waals surface area contributed by atoms with Crippen LogP contribution in [0.25, 0.3) is 0 Å². The van der Waals surface area contributed by atoms with E-state index >= 15 is 0 Å². The number of nitrogens with zero attached hydrogens (tertiary/aromatic N) is 1. The van der Waals surface area contributed by atoms with Crippen molar-refractivity contribution >= 4 is 35.6 Å². The van der Waals surface area contributed by atoms with Gasteiger partial charge in [0.2, 0.25) is 23.6 Å². The second-order valence-corrected chi connectivity index (χ2v) is 8.63.